The molecule has 2 N–H and O–H groups in total. The molecule has 282 valence electrons. The fraction of sp³-hybridized carbons (Fsp3) is 0.500. The third kappa shape index (κ3) is 7.54. The molecule has 0 bridgehead atoms. The molecule has 13 nitrogen and oxygen atoms in total. The van der Waals surface area contributed by atoms with Crippen molar-refractivity contribution in [2.24, 2.45) is 11.3 Å². The Morgan fingerprint density at radius 3 is 2.48 bits per heavy atom. The minimum absolute atomic E-state index is 0.0542. The van der Waals surface area contributed by atoms with Crippen molar-refractivity contribution in [3.05, 3.63) is 70.9 Å². The van der Waals surface area contributed by atoms with Crippen LogP contribution in [0.2, 0.25) is 5.02 Å². The quantitative estimate of drug-likeness (QED) is 0.323. The first-order chi connectivity index (χ1) is 26.1. The van der Waals surface area contributed by atoms with E-state index >= 15 is 0 Å². The summed E-state index contributed by atoms with van der Waals surface area (Å²) < 4.78 is 0. The molecule has 3 amide bonds. The van der Waals surface area contributed by atoms with Crippen LogP contribution in [0.3, 0.4) is 0 Å². The highest BCUT2D eigenvalue weighted by Gasteiger charge is 2.44. The van der Waals surface area contributed by atoms with E-state index in [1.54, 1.807) is 0 Å². The average molecular weight is 751 g/mol. The molecule has 2 atom stereocenters. The number of aromatic nitrogens is 2. The second-order valence-corrected chi connectivity index (χ2v) is 16.2. The number of carbonyl (C=O) groups is 3. The predicted molar refractivity (Wildman–Crippen MR) is 208 cm³/mol. The molecule has 3 aromatic rings. The molecule has 1 unspecified atom stereocenters. The number of nitrogens with zero attached hydrogens (tertiary/aromatic N) is 8. The summed E-state index contributed by atoms with van der Waals surface area (Å²) in [6.45, 7) is 11.2. The van der Waals surface area contributed by atoms with Crippen LogP contribution in [0.1, 0.15) is 55.1 Å². The van der Waals surface area contributed by atoms with Gasteiger partial charge in [0.1, 0.15) is 12.1 Å². The van der Waals surface area contributed by atoms with Crippen LogP contribution in [0.5, 0.6) is 0 Å². The van der Waals surface area contributed by atoms with E-state index in [1.807, 2.05) is 47.4 Å². The number of benzene rings is 2. The van der Waals surface area contributed by atoms with Crippen molar-refractivity contribution in [2.45, 2.75) is 51.1 Å². The van der Waals surface area contributed by atoms with Gasteiger partial charge in [0.25, 0.3) is 5.91 Å². The Kier molecular flexibility index (Phi) is 10.1. The lowest BCUT2D eigenvalue weighted by atomic mass is 9.77. The molecule has 8 rings (SSSR count). The zero-order valence-corrected chi connectivity index (χ0v) is 31.5. The number of carbonyl (C=O) groups excluding carboxylic acids is 3. The maximum atomic E-state index is 13.3. The summed E-state index contributed by atoms with van der Waals surface area (Å²) in [7, 11) is 0. The first-order valence-electron chi connectivity index (χ1n) is 19.2. The lowest BCUT2D eigenvalue weighted by molar-refractivity contribution is -0.133. The highest BCUT2D eigenvalue weighted by Crippen LogP contribution is 2.45. The number of anilines is 4. The number of piperazine rings is 1. The van der Waals surface area contributed by atoms with E-state index in [2.05, 4.69) is 65.6 Å². The molecule has 0 saturated carbocycles. The number of hydrogen-bond acceptors (Lipinski definition) is 11. The van der Waals surface area contributed by atoms with Crippen LogP contribution in [0.15, 0.2) is 54.6 Å². The van der Waals surface area contributed by atoms with Crippen molar-refractivity contribution in [2.75, 3.05) is 85.5 Å². The molecule has 0 radical (unpaired) electrons. The molecule has 14 heteroatoms. The van der Waals surface area contributed by atoms with Crippen LogP contribution in [0.4, 0.5) is 22.9 Å². The summed E-state index contributed by atoms with van der Waals surface area (Å²) >= 11 is 6.36. The van der Waals surface area contributed by atoms with Crippen molar-refractivity contribution in [3.63, 3.8) is 0 Å². The van der Waals surface area contributed by atoms with E-state index in [0.717, 1.165) is 108 Å². The number of amides is 3. The van der Waals surface area contributed by atoms with E-state index in [0.29, 0.717) is 41.1 Å². The zero-order chi connectivity index (χ0) is 37.4. The first-order valence-corrected chi connectivity index (χ1v) is 19.5. The summed E-state index contributed by atoms with van der Waals surface area (Å²) in [6.07, 6.45) is 4.08. The summed E-state index contributed by atoms with van der Waals surface area (Å²) in [6, 6.07) is 19.8. The van der Waals surface area contributed by atoms with Gasteiger partial charge in [-0.3, -0.25) is 24.6 Å². The summed E-state index contributed by atoms with van der Waals surface area (Å²) in [5.74, 6) is 0.727. The van der Waals surface area contributed by atoms with E-state index < -0.39 is 6.04 Å². The monoisotopic (exact) mass is 750 g/mol. The lowest BCUT2D eigenvalue weighted by Crippen LogP contribution is -2.56. The molecule has 5 aliphatic heterocycles. The SMILES string of the molecule is C[C@H]1CC2(CCN(c3ccc(C(=O)N4CC(CN5CCN(c6cccc(NC7CCC(=O)NC7=O)c6)CC5)C4)nn3)CC2)CN1c1ccc(C#N)c(Cl)c1. The second-order valence-electron chi connectivity index (χ2n) is 15.8. The minimum Gasteiger partial charge on any atom is -0.374 e. The van der Waals surface area contributed by atoms with Gasteiger partial charge in [-0.15, -0.1) is 10.2 Å². The van der Waals surface area contributed by atoms with Crippen molar-refractivity contribution in [1.29, 1.82) is 5.26 Å². The van der Waals surface area contributed by atoms with E-state index in [1.165, 1.54) is 0 Å². The fourth-order valence-corrected chi connectivity index (χ4v) is 9.23. The van der Waals surface area contributed by atoms with Crippen molar-refractivity contribution < 1.29 is 14.4 Å². The maximum absolute atomic E-state index is 13.3. The van der Waals surface area contributed by atoms with Gasteiger partial charge in [0.2, 0.25) is 11.8 Å². The first kappa shape index (κ1) is 36.1. The molecule has 5 aliphatic rings. The van der Waals surface area contributed by atoms with Gasteiger partial charge in [0.05, 0.1) is 10.6 Å². The van der Waals surface area contributed by atoms with Gasteiger partial charge in [-0.05, 0) is 86.6 Å². The Bertz CT molecular complexity index is 1930. The molecular formula is C40H47ClN10O3. The Labute approximate surface area is 321 Å². The molecule has 1 spiro atoms. The largest absolute Gasteiger partial charge is 0.374 e. The van der Waals surface area contributed by atoms with Crippen LogP contribution < -0.4 is 25.3 Å². The third-order valence-electron chi connectivity index (χ3n) is 12.1. The van der Waals surface area contributed by atoms with Crippen molar-refractivity contribution in [1.82, 2.24) is 25.3 Å². The van der Waals surface area contributed by atoms with Crippen LogP contribution in [-0.2, 0) is 9.59 Å². The average Bonchev–Trinajstić information content (AvgIpc) is 3.49. The molecule has 0 aliphatic carbocycles. The number of hydrogen-bond donors (Lipinski definition) is 2. The van der Waals surface area contributed by atoms with Gasteiger partial charge in [0, 0.05) is 101 Å². The fourth-order valence-electron chi connectivity index (χ4n) is 9.01. The van der Waals surface area contributed by atoms with Gasteiger partial charge in [0.15, 0.2) is 11.5 Å². The number of rotatable bonds is 8. The van der Waals surface area contributed by atoms with Crippen LogP contribution in [0, 0.1) is 22.7 Å². The molecule has 5 saturated heterocycles. The topological polar surface area (TPSA) is 141 Å². The smallest absolute Gasteiger partial charge is 0.274 e. The molecular weight excluding hydrogens is 704 g/mol. The second kappa shape index (κ2) is 15.1. The number of nitriles is 1. The van der Waals surface area contributed by atoms with E-state index in [9.17, 15) is 19.6 Å². The van der Waals surface area contributed by atoms with E-state index in [-0.39, 0.29) is 23.1 Å². The van der Waals surface area contributed by atoms with Gasteiger partial charge in [-0.1, -0.05) is 17.7 Å². The van der Waals surface area contributed by atoms with Crippen molar-refractivity contribution in [3.8, 4) is 6.07 Å². The number of imide groups is 1. The van der Waals surface area contributed by atoms with Gasteiger partial charge >= 0.3 is 0 Å². The molecule has 2 aromatic carbocycles. The number of likely N-dealkylation sites (tertiary alicyclic amines) is 1. The molecule has 1 aromatic heterocycles. The Hall–Kier alpha value is -4.93. The maximum Gasteiger partial charge on any atom is 0.274 e. The predicted octanol–water partition coefficient (Wildman–Crippen LogP) is 4.00. The molecule has 54 heavy (non-hydrogen) atoms. The van der Waals surface area contributed by atoms with Crippen molar-refractivity contribution >= 4 is 52.2 Å². The Morgan fingerprint density at radius 1 is 0.981 bits per heavy atom. The normalized spacial score (nSPS) is 23.3. The Morgan fingerprint density at radius 2 is 1.78 bits per heavy atom. The third-order valence-corrected chi connectivity index (χ3v) is 12.4. The molecule has 6 heterocycles. The highest BCUT2D eigenvalue weighted by molar-refractivity contribution is 6.32. The summed E-state index contributed by atoms with van der Waals surface area (Å²) in [5, 5.41) is 24.3. The van der Waals surface area contributed by atoms with Gasteiger partial charge in [-0.2, -0.15) is 5.26 Å². The minimum atomic E-state index is -0.401. The van der Waals surface area contributed by atoms with Crippen LogP contribution in [-0.4, -0.2) is 115 Å². The highest BCUT2D eigenvalue weighted by atomic mass is 35.5. The Balaban J connectivity index is 0.764. The lowest BCUT2D eigenvalue weighted by Gasteiger charge is -2.43. The summed E-state index contributed by atoms with van der Waals surface area (Å²) in [4.78, 5) is 48.4. The van der Waals surface area contributed by atoms with Gasteiger partial charge in [-0.25, -0.2) is 0 Å². The van der Waals surface area contributed by atoms with Crippen LogP contribution in [0.25, 0.3) is 0 Å². The van der Waals surface area contributed by atoms with E-state index in [4.69, 9.17) is 11.6 Å². The number of halogens is 1. The van der Waals surface area contributed by atoms with Gasteiger partial charge < -0.3 is 24.9 Å². The number of piperidine rings is 2. The zero-order valence-electron chi connectivity index (χ0n) is 30.7. The summed E-state index contributed by atoms with van der Waals surface area (Å²) in [5.41, 5.74) is 4.20. The standard InChI is InChI=1S/C40H47ClN10O3/c1-27-21-40(26-51(27)32-6-5-29(22-42)33(41)20-32)11-13-49(14-12-40)36-9-7-35(45-46-36)39(54)50-24-28(25-50)23-47-15-17-48(18-16-47)31-4-2-3-30(19-31)43-34-8-10-37(52)44-38(34)53/h2-7,9,19-20,27-28,34,43H,8,10-18,21,23-26H2,1H3,(H,44,52,53)/t27-,34?/m0/s1. The van der Waals surface area contributed by atoms with Crippen LogP contribution >= 0.6 is 11.6 Å². The number of nitrogens with one attached hydrogen (secondary N) is 2. The molecule has 5 fully saturated rings.